The Labute approximate surface area is 132 Å². The lowest BCUT2D eigenvalue weighted by atomic mass is 10.0. The highest BCUT2D eigenvalue weighted by Gasteiger charge is 2.22. The standard InChI is InChI=1S/C18H15F2NO2/c1-21-18-14(12-8-5-9-13(10-12)17(19)20)15(22)16(23-18)11-6-3-2-4-7-11/h2-10,17,21-22H,1H3. The van der Waals surface area contributed by atoms with Crippen LogP contribution in [0.5, 0.6) is 5.75 Å². The van der Waals surface area contributed by atoms with Crippen LogP contribution in [0.1, 0.15) is 12.0 Å². The van der Waals surface area contributed by atoms with Gasteiger partial charge in [-0.05, 0) is 11.6 Å². The highest BCUT2D eigenvalue weighted by Crippen LogP contribution is 2.46. The Hall–Kier alpha value is -2.82. The summed E-state index contributed by atoms with van der Waals surface area (Å²) >= 11 is 0. The van der Waals surface area contributed by atoms with Crippen molar-refractivity contribution in [1.29, 1.82) is 0 Å². The van der Waals surface area contributed by atoms with Crippen LogP contribution in [-0.4, -0.2) is 12.2 Å². The van der Waals surface area contributed by atoms with E-state index < -0.39 is 6.43 Å². The summed E-state index contributed by atoms with van der Waals surface area (Å²) in [5, 5.41) is 13.4. The number of anilines is 1. The minimum Gasteiger partial charge on any atom is -0.504 e. The maximum atomic E-state index is 12.9. The molecule has 0 spiro atoms. The van der Waals surface area contributed by atoms with Crippen LogP contribution < -0.4 is 5.32 Å². The third-order valence-corrected chi connectivity index (χ3v) is 3.57. The summed E-state index contributed by atoms with van der Waals surface area (Å²) < 4.78 is 31.5. The maximum Gasteiger partial charge on any atom is 0.263 e. The average molecular weight is 315 g/mol. The van der Waals surface area contributed by atoms with Gasteiger partial charge < -0.3 is 14.8 Å². The third-order valence-electron chi connectivity index (χ3n) is 3.57. The molecule has 23 heavy (non-hydrogen) atoms. The largest absolute Gasteiger partial charge is 0.504 e. The molecule has 3 nitrogen and oxygen atoms in total. The zero-order valence-electron chi connectivity index (χ0n) is 12.4. The van der Waals surface area contributed by atoms with Crippen molar-refractivity contribution in [2.45, 2.75) is 6.43 Å². The number of hydrogen-bond donors (Lipinski definition) is 2. The van der Waals surface area contributed by atoms with Gasteiger partial charge in [-0.2, -0.15) is 0 Å². The van der Waals surface area contributed by atoms with Gasteiger partial charge in [0, 0.05) is 18.2 Å². The summed E-state index contributed by atoms with van der Waals surface area (Å²) in [5.41, 5.74) is 1.44. The van der Waals surface area contributed by atoms with E-state index in [2.05, 4.69) is 5.32 Å². The minimum absolute atomic E-state index is 0.0769. The van der Waals surface area contributed by atoms with Crippen LogP contribution in [-0.2, 0) is 0 Å². The first-order chi connectivity index (χ1) is 11.1. The molecule has 1 heterocycles. The fraction of sp³-hybridized carbons (Fsp3) is 0.111. The second-order valence-corrected chi connectivity index (χ2v) is 5.03. The molecule has 2 N–H and O–H groups in total. The smallest absolute Gasteiger partial charge is 0.263 e. The highest BCUT2D eigenvalue weighted by atomic mass is 19.3. The topological polar surface area (TPSA) is 45.4 Å². The van der Waals surface area contributed by atoms with E-state index in [0.717, 1.165) is 0 Å². The quantitative estimate of drug-likeness (QED) is 0.687. The first-order valence-electron chi connectivity index (χ1n) is 7.09. The van der Waals surface area contributed by atoms with Crippen LogP contribution in [0.4, 0.5) is 14.7 Å². The first-order valence-corrected chi connectivity index (χ1v) is 7.09. The van der Waals surface area contributed by atoms with Gasteiger partial charge in [-0.25, -0.2) is 8.78 Å². The van der Waals surface area contributed by atoms with Gasteiger partial charge in [0.2, 0.25) is 5.88 Å². The second-order valence-electron chi connectivity index (χ2n) is 5.03. The van der Waals surface area contributed by atoms with Crippen molar-refractivity contribution in [2.75, 3.05) is 12.4 Å². The molecule has 0 atom stereocenters. The molecule has 118 valence electrons. The third kappa shape index (κ3) is 2.77. The van der Waals surface area contributed by atoms with E-state index in [0.29, 0.717) is 28.3 Å². The molecule has 1 aromatic heterocycles. The fourth-order valence-electron chi connectivity index (χ4n) is 2.48. The zero-order chi connectivity index (χ0) is 16.4. The van der Waals surface area contributed by atoms with Gasteiger partial charge in [0.25, 0.3) is 6.43 Å². The van der Waals surface area contributed by atoms with E-state index in [1.165, 1.54) is 18.2 Å². The molecule has 0 aliphatic rings. The van der Waals surface area contributed by atoms with Crippen LogP contribution in [0.2, 0.25) is 0 Å². The van der Waals surface area contributed by atoms with Gasteiger partial charge in [0.1, 0.15) is 0 Å². The summed E-state index contributed by atoms with van der Waals surface area (Å²) in [6.45, 7) is 0. The molecule has 0 amide bonds. The maximum absolute atomic E-state index is 12.9. The Bertz CT molecular complexity index is 813. The summed E-state index contributed by atoms with van der Waals surface area (Å²) in [6, 6.07) is 15.0. The number of aromatic hydroxyl groups is 1. The predicted octanol–water partition coefficient (Wildman–Crippen LogP) is 5.30. The molecular weight excluding hydrogens is 300 g/mol. The number of alkyl halides is 2. The molecule has 0 aliphatic heterocycles. The fourth-order valence-corrected chi connectivity index (χ4v) is 2.48. The van der Waals surface area contributed by atoms with Gasteiger partial charge in [0.05, 0.1) is 5.56 Å². The van der Waals surface area contributed by atoms with Crippen molar-refractivity contribution < 1.29 is 18.3 Å². The molecule has 0 unspecified atom stereocenters. The van der Waals surface area contributed by atoms with E-state index >= 15 is 0 Å². The molecule has 0 saturated heterocycles. The molecule has 0 saturated carbocycles. The molecule has 0 radical (unpaired) electrons. The Morgan fingerprint density at radius 2 is 1.70 bits per heavy atom. The highest BCUT2D eigenvalue weighted by molar-refractivity contribution is 5.87. The van der Waals surface area contributed by atoms with Crippen LogP contribution >= 0.6 is 0 Å². The Morgan fingerprint density at radius 3 is 2.35 bits per heavy atom. The second kappa shape index (κ2) is 6.12. The molecule has 0 bridgehead atoms. The molecule has 0 aliphatic carbocycles. The van der Waals surface area contributed by atoms with Crippen LogP contribution in [0, 0.1) is 0 Å². The summed E-state index contributed by atoms with van der Waals surface area (Å²) in [5.74, 6) is 0.548. The Morgan fingerprint density at radius 1 is 1.00 bits per heavy atom. The predicted molar refractivity (Wildman–Crippen MR) is 85.7 cm³/mol. The van der Waals surface area contributed by atoms with Crippen LogP contribution in [0.25, 0.3) is 22.5 Å². The van der Waals surface area contributed by atoms with Crippen molar-refractivity contribution in [3.8, 4) is 28.2 Å². The number of rotatable bonds is 4. The van der Waals surface area contributed by atoms with Crippen LogP contribution in [0.3, 0.4) is 0 Å². The van der Waals surface area contributed by atoms with E-state index in [4.69, 9.17) is 4.42 Å². The van der Waals surface area contributed by atoms with E-state index in [1.54, 1.807) is 25.2 Å². The zero-order valence-corrected chi connectivity index (χ0v) is 12.4. The van der Waals surface area contributed by atoms with Crippen molar-refractivity contribution in [3.63, 3.8) is 0 Å². The number of nitrogens with one attached hydrogen (secondary N) is 1. The lowest BCUT2D eigenvalue weighted by Crippen LogP contribution is -1.90. The Balaban J connectivity index is 2.16. The lowest BCUT2D eigenvalue weighted by Gasteiger charge is -2.05. The van der Waals surface area contributed by atoms with Gasteiger partial charge in [-0.1, -0.05) is 48.5 Å². The average Bonchev–Trinajstić information content (AvgIpc) is 2.92. The van der Waals surface area contributed by atoms with Crippen molar-refractivity contribution >= 4 is 5.88 Å². The number of hydrogen-bond acceptors (Lipinski definition) is 3. The molecule has 3 rings (SSSR count). The van der Waals surface area contributed by atoms with E-state index in [-0.39, 0.29) is 11.3 Å². The minimum atomic E-state index is -2.57. The monoisotopic (exact) mass is 315 g/mol. The molecule has 5 heteroatoms. The molecule has 3 aromatic rings. The van der Waals surface area contributed by atoms with Gasteiger partial charge in [-0.3, -0.25) is 0 Å². The SMILES string of the molecule is CNc1oc(-c2ccccc2)c(O)c1-c1cccc(C(F)F)c1. The normalized spacial score (nSPS) is 11.0. The van der Waals surface area contributed by atoms with Gasteiger partial charge in [0.15, 0.2) is 11.5 Å². The lowest BCUT2D eigenvalue weighted by molar-refractivity contribution is 0.151. The van der Waals surface area contributed by atoms with Crippen LogP contribution in [0.15, 0.2) is 59.0 Å². The molecule has 2 aromatic carbocycles. The molecular formula is C18H15F2NO2. The first kappa shape index (κ1) is 15.1. The molecule has 0 fully saturated rings. The van der Waals surface area contributed by atoms with E-state index in [1.807, 2.05) is 18.2 Å². The summed E-state index contributed by atoms with van der Waals surface area (Å²) in [6.07, 6.45) is -2.57. The number of halogens is 2. The summed E-state index contributed by atoms with van der Waals surface area (Å²) in [4.78, 5) is 0. The summed E-state index contributed by atoms with van der Waals surface area (Å²) in [7, 11) is 1.65. The van der Waals surface area contributed by atoms with Crippen molar-refractivity contribution in [2.24, 2.45) is 0 Å². The Kier molecular flexibility index (Phi) is 4.02. The number of benzene rings is 2. The number of furan rings is 1. The van der Waals surface area contributed by atoms with Gasteiger partial charge >= 0.3 is 0 Å². The van der Waals surface area contributed by atoms with E-state index in [9.17, 15) is 13.9 Å². The van der Waals surface area contributed by atoms with Crippen molar-refractivity contribution in [1.82, 2.24) is 0 Å². The van der Waals surface area contributed by atoms with Crippen molar-refractivity contribution in [3.05, 3.63) is 60.2 Å². The van der Waals surface area contributed by atoms with Gasteiger partial charge in [-0.15, -0.1) is 0 Å².